The Morgan fingerprint density at radius 2 is 0.661 bits per heavy atom. The number of hydrogen-bond donors (Lipinski definition) is 0. The second kappa shape index (κ2) is 48.3. The summed E-state index contributed by atoms with van der Waals surface area (Å²) in [6, 6.07) is 0. The van der Waals surface area contributed by atoms with Crippen LogP contribution in [0.15, 0.2) is 36.5 Å². The number of rotatable bonds is 46. The molecule has 0 rings (SSSR count). The molecular weight excluding hydrogens is 733 g/mol. The molecule has 0 aromatic heterocycles. The SMILES string of the molecule is CC/C=C\C/C=C\C/C=C\CCCCCC(=O)OC(COC(=O)CCCCCCCC)COC(=O)CCCCCCCCCCCCCCCCCCCCCCCC. The van der Waals surface area contributed by atoms with Gasteiger partial charge >= 0.3 is 17.9 Å². The molecule has 0 heterocycles. The average molecular weight is 829 g/mol. The summed E-state index contributed by atoms with van der Waals surface area (Å²) in [6.07, 6.45) is 56.0. The average Bonchev–Trinajstić information content (AvgIpc) is 3.23. The lowest BCUT2D eigenvalue weighted by Gasteiger charge is -2.18. The number of carbonyl (C=O) groups is 3. The Balaban J connectivity index is 4.13. The number of esters is 3. The van der Waals surface area contributed by atoms with Gasteiger partial charge in [0.05, 0.1) is 0 Å². The molecule has 6 nitrogen and oxygen atoms in total. The third-order valence-electron chi connectivity index (χ3n) is 11.2. The Labute approximate surface area is 365 Å². The van der Waals surface area contributed by atoms with Crippen molar-refractivity contribution in [3.8, 4) is 0 Å². The van der Waals surface area contributed by atoms with Gasteiger partial charge in [0.15, 0.2) is 6.10 Å². The lowest BCUT2D eigenvalue weighted by Crippen LogP contribution is -2.30. The zero-order chi connectivity index (χ0) is 43.0. The molecule has 1 unspecified atom stereocenters. The first-order valence-corrected chi connectivity index (χ1v) is 25.5. The smallest absolute Gasteiger partial charge is 0.306 e. The summed E-state index contributed by atoms with van der Waals surface area (Å²) in [6.45, 7) is 6.46. The topological polar surface area (TPSA) is 78.9 Å². The molecule has 1 atom stereocenters. The third kappa shape index (κ3) is 46.5. The summed E-state index contributed by atoms with van der Waals surface area (Å²) in [7, 11) is 0. The van der Waals surface area contributed by atoms with E-state index in [-0.39, 0.29) is 31.1 Å². The highest BCUT2D eigenvalue weighted by atomic mass is 16.6. The van der Waals surface area contributed by atoms with E-state index < -0.39 is 6.10 Å². The van der Waals surface area contributed by atoms with E-state index in [0.717, 1.165) is 83.5 Å². The van der Waals surface area contributed by atoms with Crippen LogP contribution >= 0.6 is 0 Å². The van der Waals surface area contributed by atoms with Crippen LogP contribution in [0, 0.1) is 0 Å². The summed E-state index contributed by atoms with van der Waals surface area (Å²) < 4.78 is 16.7. The minimum Gasteiger partial charge on any atom is -0.462 e. The van der Waals surface area contributed by atoms with E-state index in [4.69, 9.17) is 14.2 Å². The van der Waals surface area contributed by atoms with Crippen LogP contribution in [-0.2, 0) is 28.6 Å². The van der Waals surface area contributed by atoms with Gasteiger partial charge in [0, 0.05) is 19.3 Å². The van der Waals surface area contributed by atoms with Gasteiger partial charge in [-0.05, 0) is 51.4 Å². The Morgan fingerprint density at radius 1 is 0.356 bits per heavy atom. The molecule has 0 aromatic carbocycles. The van der Waals surface area contributed by atoms with Crippen LogP contribution in [0.25, 0.3) is 0 Å². The van der Waals surface area contributed by atoms with Gasteiger partial charge in [-0.3, -0.25) is 14.4 Å². The van der Waals surface area contributed by atoms with Gasteiger partial charge < -0.3 is 14.2 Å². The molecule has 0 bridgehead atoms. The fourth-order valence-corrected chi connectivity index (χ4v) is 7.34. The molecule has 0 aromatic rings. The van der Waals surface area contributed by atoms with Gasteiger partial charge in [0.25, 0.3) is 0 Å². The van der Waals surface area contributed by atoms with E-state index in [2.05, 4.69) is 57.2 Å². The monoisotopic (exact) mass is 829 g/mol. The van der Waals surface area contributed by atoms with Crippen molar-refractivity contribution in [1.29, 1.82) is 0 Å². The van der Waals surface area contributed by atoms with E-state index in [9.17, 15) is 14.4 Å². The van der Waals surface area contributed by atoms with Crippen molar-refractivity contribution in [3.63, 3.8) is 0 Å². The first-order valence-electron chi connectivity index (χ1n) is 25.5. The normalized spacial score (nSPS) is 12.3. The zero-order valence-electron chi connectivity index (χ0n) is 39.3. The molecule has 0 N–H and O–H groups in total. The van der Waals surface area contributed by atoms with E-state index in [1.165, 1.54) is 141 Å². The van der Waals surface area contributed by atoms with Gasteiger partial charge in [-0.2, -0.15) is 0 Å². The van der Waals surface area contributed by atoms with Crippen molar-refractivity contribution in [2.45, 2.75) is 271 Å². The molecule has 0 aliphatic rings. The fourth-order valence-electron chi connectivity index (χ4n) is 7.34. The molecule has 0 aliphatic carbocycles. The Bertz CT molecular complexity index is 1000. The van der Waals surface area contributed by atoms with Crippen molar-refractivity contribution in [1.82, 2.24) is 0 Å². The molecule has 59 heavy (non-hydrogen) atoms. The molecule has 0 saturated carbocycles. The highest BCUT2D eigenvalue weighted by Crippen LogP contribution is 2.16. The minimum absolute atomic E-state index is 0.0810. The highest BCUT2D eigenvalue weighted by Gasteiger charge is 2.19. The second-order valence-electron chi connectivity index (χ2n) is 17.1. The summed E-state index contributed by atoms with van der Waals surface area (Å²) in [4.78, 5) is 37.6. The maximum atomic E-state index is 12.7. The first kappa shape index (κ1) is 56.6. The van der Waals surface area contributed by atoms with Crippen LogP contribution in [-0.4, -0.2) is 37.2 Å². The van der Waals surface area contributed by atoms with Gasteiger partial charge in [0.2, 0.25) is 0 Å². The molecule has 6 heteroatoms. The number of hydrogen-bond acceptors (Lipinski definition) is 6. The Morgan fingerprint density at radius 3 is 1.03 bits per heavy atom. The maximum Gasteiger partial charge on any atom is 0.306 e. The van der Waals surface area contributed by atoms with Crippen LogP contribution in [0.5, 0.6) is 0 Å². The molecule has 0 amide bonds. The van der Waals surface area contributed by atoms with E-state index >= 15 is 0 Å². The number of ether oxygens (including phenoxy) is 3. The van der Waals surface area contributed by atoms with Gasteiger partial charge in [-0.15, -0.1) is 0 Å². The number of unbranched alkanes of at least 4 members (excludes halogenated alkanes) is 29. The standard InChI is InChI=1S/C53H96O6/c1-4-7-10-13-16-18-20-22-23-24-25-26-27-28-29-30-32-33-35-37-40-43-46-52(55)58-49-50(48-57-51(54)45-42-39-15-12-9-6-3)59-53(56)47-44-41-38-36-34-31-21-19-17-14-11-8-5-2/h8,11,17,19,31,34,50H,4-7,9-10,12-16,18,20-30,32-33,35-49H2,1-3H3/b11-8-,19-17-,34-31-. The highest BCUT2D eigenvalue weighted by molar-refractivity contribution is 5.71. The molecular formula is C53H96O6. The van der Waals surface area contributed by atoms with E-state index in [1.54, 1.807) is 0 Å². The second-order valence-corrected chi connectivity index (χ2v) is 17.1. The largest absolute Gasteiger partial charge is 0.462 e. The van der Waals surface area contributed by atoms with Crippen molar-refractivity contribution in [3.05, 3.63) is 36.5 Å². The maximum absolute atomic E-state index is 12.7. The Kier molecular flexibility index (Phi) is 46.4. The zero-order valence-corrected chi connectivity index (χ0v) is 39.3. The molecule has 0 radical (unpaired) electrons. The van der Waals surface area contributed by atoms with Crippen LogP contribution in [0.1, 0.15) is 265 Å². The number of carbonyl (C=O) groups excluding carboxylic acids is 3. The van der Waals surface area contributed by atoms with Crippen molar-refractivity contribution in [2.75, 3.05) is 13.2 Å². The lowest BCUT2D eigenvalue weighted by molar-refractivity contribution is -0.167. The van der Waals surface area contributed by atoms with Crippen LogP contribution in [0.3, 0.4) is 0 Å². The minimum atomic E-state index is -0.780. The predicted octanol–water partition coefficient (Wildman–Crippen LogP) is 16.5. The van der Waals surface area contributed by atoms with Crippen molar-refractivity contribution in [2.24, 2.45) is 0 Å². The van der Waals surface area contributed by atoms with Crippen molar-refractivity contribution < 1.29 is 28.6 Å². The molecule has 0 aliphatic heterocycles. The molecule has 0 saturated heterocycles. The van der Waals surface area contributed by atoms with E-state index in [1.807, 2.05) is 0 Å². The summed E-state index contributed by atoms with van der Waals surface area (Å²) in [5.41, 5.74) is 0. The van der Waals surface area contributed by atoms with Crippen LogP contribution in [0.2, 0.25) is 0 Å². The summed E-state index contributed by atoms with van der Waals surface area (Å²) in [5, 5.41) is 0. The van der Waals surface area contributed by atoms with Gasteiger partial charge in [-0.1, -0.05) is 231 Å². The quantitative estimate of drug-likeness (QED) is 0.0263. The summed E-state index contributed by atoms with van der Waals surface area (Å²) in [5.74, 6) is -0.913. The van der Waals surface area contributed by atoms with Crippen molar-refractivity contribution >= 4 is 17.9 Å². The first-order chi connectivity index (χ1) is 29.0. The van der Waals surface area contributed by atoms with E-state index in [0.29, 0.717) is 19.3 Å². The predicted molar refractivity (Wildman–Crippen MR) is 252 cm³/mol. The molecule has 0 fully saturated rings. The Hall–Kier alpha value is -2.37. The van der Waals surface area contributed by atoms with Gasteiger partial charge in [-0.25, -0.2) is 0 Å². The fraction of sp³-hybridized carbons (Fsp3) is 0.830. The van der Waals surface area contributed by atoms with Crippen LogP contribution in [0.4, 0.5) is 0 Å². The van der Waals surface area contributed by atoms with Crippen LogP contribution < -0.4 is 0 Å². The van der Waals surface area contributed by atoms with Gasteiger partial charge in [0.1, 0.15) is 13.2 Å². The molecule has 344 valence electrons. The molecule has 0 spiro atoms. The summed E-state index contributed by atoms with van der Waals surface area (Å²) >= 11 is 0. The lowest BCUT2D eigenvalue weighted by atomic mass is 10.0. The number of allylic oxidation sites excluding steroid dienone is 6. The third-order valence-corrected chi connectivity index (χ3v) is 11.2.